The molecular weight excluding hydrogens is 392 g/mol. The Balaban J connectivity index is 1.46. The Kier molecular flexibility index (Phi) is 5.49. The number of amides is 1. The highest BCUT2D eigenvalue weighted by molar-refractivity contribution is 5.94. The summed E-state index contributed by atoms with van der Waals surface area (Å²) in [6.45, 7) is 0.919. The van der Waals surface area contributed by atoms with E-state index in [0.717, 1.165) is 18.4 Å². The van der Waals surface area contributed by atoms with E-state index in [-0.39, 0.29) is 30.0 Å². The minimum absolute atomic E-state index is 0.0507. The molecule has 0 spiro atoms. The van der Waals surface area contributed by atoms with Gasteiger partial charge in [-0.05, 0) is 50.2 Å². The van der Waals surface area contributed by atoms with Crippen LogP contribution in [-0.2, 0) is 0 Å². The van der Waals surface area contributed by atoms with Gasteiger partial charge in [0.2, 0.25) is 0 Å². The van der Waals surface area contributed by atoms with Crippen molar-refractivity contribution < 1.29 is 13.6 Å². The van der Waals surface area contributed by atoms with Crippen molar-refractivity contribution >= 4 is 5.91 Å². The van der Waals surface area contributed by atoms with Crippen LogP contribution in [0.5, 0.6) is 0 Å². The summed E-state index contributed by atoms with van der Waals surface area (Å²) in [5.41, 5.74) is 9.38. The first-order chi connectivity index (χ1) is 14.4. The van der Waals surface area contributed by atoms with Crippen LogP contribution < -0.4 is 16.2 Å². The first-order valence-electron chi connectivity index (χ1n) is 9.89. The van der Waals surface area contributed by atoms with Crippen LogP contribution in [0, 0.1) is 31.1 Å². The molecule has 10 heteroatoms. The molecule has 0 aromatic carbocycles. The van der Waals surface area contributed by atoms with Gasteiger partial charge in [-0.2, -0.15) is 19.1 Å². The van der Waals surface area contributed by atoms with E-state index in [1.54, 1.807) is 13.8 Å². The van der Waals surface area contributed by atoms with Crippen LogP contribution in [0.1, 0.15) is 64.6 Å². The van der Waals surface area contributed by atoms with Crippen LogP contribution >= 0.6 is 0 Å². The Morgan fingerprint density at radius 1 is 1.30 bits per heavy atom. The number of halogens is 2. The van der Waals surface area contributed by atoms with Gasteiger partial charge in [0.15, 0.2) is 0 Å². The fourth-order valence-corrected chi connectivity index (χ4v) is 4.44. The van der Waals surface area contributed by atoms with Gasteiger partial charge in [-0.3, -0.25) is 10.2 Å². The molecule has 3 heterocycles. The number of rotatable bonds is 4. The van der Waals surface area contributed by atoms with Crippen molar-refractivity contribution in [2.75, 3.05) is 0 Å². The summed E-state index contributed by atoms with van der Waals surface area (Å²) in [5.74, 6) is -0.124. The molecule has 4 atom stereocenters. The highest BCUT2D eigenvalue weighted by Crippen LogP contribution is 2.38. The lowest BCUT2D eigenvalue weighted by Crippen LogP contribution is -2.44. The topological polar surface area (TPSA) is 108 Å². The molecule has 4 rings (SSSR count). The molecule has 2 aromatic heterocycles. The van der Waals surface area contributed by atoms with E-state index in [1.165, 1.54) is 18.6 Å². The second-order valence-electron chi connectivity index (χ2n) is 7.93. The van der Waals surface area contributed by atoms with Crippen LogP contribution in [0.15, 0.2) is 18.6 Å². The first kappa shape index (κ1) is 20.4. The number of carbonyl (C=O) groups is 1. The van der Waals surface area contributed by atoms with Gasteiger partial charge in [0, 0.05) is 30.0 Å². The standard InChI is InChI=1S/C20H23F2N7O/c1-10-11(2)17(24-7-12(10)6-23)19(30)26-14-3-4-16-15(5-14)18(28-27-16)13-8-25-29(9-13)20(21)22/h7-9,14-16,18,20,27-28H,3-5H2,1-2H3,(H,26,30). The van der Waals surface area contributed by atoms with Crippen molar-refractivity contribution in [2.24, 2.45) is 5.92 Å². The molecule has 2 aromatic rings. The maximum atomic E-state index is 12.9. The van der Waals surface area contributed by atoms with Crippen molar-refractivity contribution in [3.05, 3.63) is 46.5 Å². The van der Waals surface area contributed by atoms with Gasteiger partial charge in [0.25, 0.3) is 5.91 Å². The lowest BCUT2D eigenvalue weighted by molar-refractivity contribution is 0.0564. The molecule has 30 heavy (non-hydrogen) atoms. The Morgan fingerprint density at radius 3 is 2.80 bits per heavy atom. The fraction of sp³-hybridized carbons (Fsp3) is 0.500. The normalized spacial score (nSPS) is 25.7. The maximum Gasteiger partial charge on any atom is 0.333 e. The van der Waals surface area contributed by atoms with Gasteiger partial charge in [-0.25, -0.2) is 15.1 Å². The number of fused-ring (bicyclic) bond motifs is 1. The largest absolute Gasteiger partial charge is 0.348 e. The highest BCUT2D eigenvalue weighted by atomic mass is 19.3. The van der Waals surface area contributed by atoms with Crippen molar-refractivity contribution in [1.29, 1.82) is 5.26 Å². The average molecular weight is 415 g/mol. The molecule has 1 amide bonds. The zero-order valence-electron chi connectivity index (χ0n) is 16.7. The molecule has 2 fully saturated rings. The van der Waals surface area contributed by atoms with E-state index >= 15 is 0 Å². The number of alkyl halides is 2. The second kappa shape index (κ2) is 8.08. The van der Waals surface area contributed by atoms with Crippen LogP contribution in [0.3, 0.4) is 0 Å². The van der Waals surface area contributed by atoms with Gasteiger partial charge < -0.3 is 5.32 Å². The number of carbonyl (C=O) groups excluding carboxylic acids is 1. The molecule has 1 aliphatic carbocycles. The lowest BCUT2D eigenvalue weighted by atomic mass is 9.77. The highest BCUT2D eigenvalue weighted by Gasteiger charge is 2.42. The van der Waals surface area contributed by atoms with E-state index in [1.807, 2.05) is 0 Å². The predicted molar refractivity (Wildman–Crippen MR) is 103 cm³/mol. The van der Waals surface area contributed by atoms with Crippen LogP contribution in [0.25, 0.3) is 0 Å². The monoisotopic (exact) mass is 415 g/mol. The van der Waals surface area contributed by atoms with Gasteiger partial charge >= 0.3 is 6.55 Å². The minimum atomic E-state index is -2.67. The SMILES string of the molecule is Cc1c(C#N)cnc(C(=O)NC2CCC3NNC(c4cnn(C(F)F)c4)C3C2)c1C. The van der Waals surface area contributed by atoms with E-state index in [0.29, 0.717) is 33.5 Å². The van der Waals surface area contributed by atoms with E-state index in [4.69, 9.17) is 5.26 Å². The molecule has 0 bridgehead atoms. The Labute approximate surface area is 172 Å². The van der Waals surface area contributed by atoms with Crippen molar-refractivity contribution in [2.45, 2.75) is 57.8 Å². The number of hydrogen-bond donors (Lipinski definition) is 3. The number of nitrogens with one attached hydrogen (secondary N) is 3. The van der Waals surface area contributed by atoms with E-state index in [2.05, 4.69) is 32.3 Å². The molecule has 8 nitrogen and oxygen atoms in total. The third kappa shape index (κ3) is 3.66. The molecule has 1 aliphatic heterocycles. The third-order valence-electron chi connectivity index (χ3n) is 6.25. The van der Waals surface area contributed by atoms with Crippen LogP contribution in [-0.4, -0.2) is 32.8 Å². The zero-order chi connectivity index (χ0) is 21.4. The molecule has 2 aliphatic rings. The van der Waals surface area contributed by atoms with Gasteiger partial charge in [-0.15, -0.1) is 0 Å². The van der Waals surface area contributed by atoms with E-state index in [9.17, 15) is 13.6 Å². The minimum Gasteiger partial charge on any atom is -0.348 e. The summed E-state index contributed by atoms with van der Waals surface area (Å²) in [5, 5.41) is 15.9. The Morgan fingerprint density at radius 2 is 2.10 bits per heavy atom. The number of pyridine rings is 1. The maximum absolute atomic E-state index is 12.9. The molecule has 3 N–H and O–H groups in total. The number of hydrazine groups is 1. The number of hydrogen-bond acceptors (Lipinski definition) is 6. The van der Waals surface area contributed by atoms with Gasteiger partial charge in [0.1, 0.15) is 11.8 Å². The summed E-state index contributed by atoms with van der Waals surface area (Å²) in [4.78, 5) is 17.0. The molecule has 1 saturated heterocycles. The summed E-state index contributed by atoms with van der Waals surface area (Å²) >= 11 is 0. The smallest absolute Gasteiger partial charge is 0.333 e. The lowest BCUT2D eigenvalue weighted by Gasteiger charge is -2.33. The number of nitrogens with zero attached hydrogens (tertiary/aromatic N) is 4. The third-order valence-corrected chi connectivity index (χ3v) is 6.25. The van der Waals surface area contributed by atoms with Crippen LogP contribution in [0.4, 0.5) is 8.78 Å². The van der Waals surface area contributed by atoms with Crippen molar-refractivity contribution in [1.82, 2.24) is 30.9 Å². The Bertz CT molecular complexity index is 1000. The predicted octanol–water partition coefficient (Wildman–Crippen LogP) is 2.28. The summed E-state index contributed by atoms with van der Waals surface area (Å²) < 4.78 is 26.4. The Hall–Kier alpha value is -2.90. The summed E-state index contributed by atoms with van der Waals surface area (Å²) in [6.07, 6.45) is 6.61. The summed E-state index contributed by atoms with van der Waals surface area (Å²) in [6, 6.07) is 2.08. The fourth-order valence-electron chi connectivity index (χ4n) is 4.44. The van der Waals surface area contributed by atoms with Crippen molar-refractivity contribution in [3.63, 3.8) is 0 Å². The second-order valence-corrected chi connectivity index (χ2v) is 7.93. The molecule has 1 saturated carbocycles. The van der Waals surface area contributed by atoms with Gasteiger partial charge in [-0.1, -0.05) is 0 Å². The van der Waals surface area contributed by atoms with E-state index < -0.39 is 6.55 Å². The number of nitriles is 1. The quantitative estimate of drug-likeness (QED) is 0.707. The zero-order valence-corrected chi connectivity index (χ0v) is 16.7. The number of aromatic nitrogens is 3. The molecular formula is C20H23F2N7O. The van der Waals surface area contributed by atoms with Gasteiger partial charge in [0.05, 0.1) is 17.8 Å². The summed E-state index contributed by atoms with van der Waals surface area (Å²) in [7, 11) is 0. The molecule has 4 unspecified atom stereocenters. The molecule has 0 radical (unpaired) electrons. The van der Waals surface area contributed by atoms with Crippen molar-refractivity contribution in [3.8, 4) is 6.07 Å². The average Bonchev–Trinajstić information content (AvgIpc) is 3.36. The van der Waals surface area contributed by atoms with Crippen LogP contribution in [0.2, 0.25) is 0 Å². The first-order valence-corrected chi connectivity index (χ1v) is 9.89. The molecule has 158 valence electrons.